The summed E-state index contributed by atoms with van der Waals surface area (Å²) in [6.07, 6.45) is 15.3. The first-order chi connectivity index (χ1) is 27.2. The predicted octanol–water partition coefficient (Wildman–Crippen LogP) is 13.6. The van der Waals surface area contributed by atoms with E-state index in [4.69, 9.17) is 5.73 Å². The minimum atomic E-state index is 0.777. The van der Waals surface area contributed by atoms with Gasteiger partial charge >= 0.3 is 0 Å². The van der Waals surface area contributed by atoms with Crippen LogP contribution in [0.4, 0.5) is 0 Å². The SMILES string of the molecule is N/C(=C\C(=C/Cc1ccccc1)c1ccccc1)c1cccc2c1-c1cc(-c3ccc(-c4cc(C5=CCCC=C5)cc(-c5ccccc5)c4)cc3)ccc1C2. The molecular weight excluding hydrogens is 663 g/mol. The molecule has 264 valence electrons. The monoisotopic (exact) mass is 705 g/mol. The van der Waals surface area contributed by atoms with Gasteiger partial charge in [-0.2, -0.15) is 0 Å². The Bertz CT molecular complexity index is 2600. The average Bonchev–Trinajstić information content (AvgIpc) is 3.64. The van der Waals surface area contributed by atoms with E-state index >= 15 is 0 Å². The fraction of sp³-hybridized carbons (Fsp3) is 0.0741. The molecule has 0 saturated carbocycles. The van der Waals surface area contributed by atoms with Gasteiger partial charge in [0.25, 0.3) is 0 Å². The highest BCUT2D eigenvalue weighted by molar-refractivity contribution is 5.93. The van der Waals surface area contributed by atoms with E-state index in [9.17, 15) is 0 Å². The second-order valence-electron chi connectivity index (χ2n) is 14.6. The lowest BCUT2D eigenvalue weighted by molar-refractivity contribution is 1.04. The van der Waals surface area contributed by atoms with E-state index in [0.29, 0.717) is 0 Å². The van der Waals surface area contributed by atoms with Crippen LogP contribution >= 0.6 is 0 Å². The molecule has 0 bridgehead atoms. The van der Waals surface area contributed by atoms with Gasteiger partial charge in [0, 0.05) is 11.3 Å². The molecule has 0 heterocycles. The zero-order chi connectivity index (χ0) is 37.0. The number of allylic oxidation sites excluding steroid dienone is 7. The summed E-state index contributed by atoms with van der Waals surface area (Å²) < 4.78 is 0. The van der Waals surface area contributed by atoms with Gasteiger partial charge in [0.05, 0.1) is 0 Å². The topological polar surface area (TPSA) is 26.0 Å². The molecule has 2 aliphatic rings. The van der Waals surface area contributed by atoms with Gasteiger partial charge in [0.2, 0.25) is 0 Å². The Balaban J connectivity index is 1.05. The zero-order valence-corrected chi connectivity index (χ0v) is 31.0. The van der Waals surface area contributed by atoms with Crippen molar-refractivity contribution in [2.24, 2.45) is 5.73 Å². The van der Waals surface area contributed by atoms with E-state index in [1.54, 1.807) is 0 Å². The molecule has 0 atom stereocenters. The molecule has 0 unspecified atom stereocenters. The maximum Gasteiger partial charge on any atom is 0.0400 e. The minimum absolute atomic E-state index is 0.777. The van der Waals surface area contributed by atoms with Crippen molar-refractivity contribution in [1.82, 2.24) is 0 Å². The lowest BCUT2D eigenvalue weighted by Gasteiger charge is -2.14. The number of benzene rings is 7. The molecule has 0 aliphatic heterocycles. The molecule has 1 heteroatoms. The number of nitrogens with two attached hydrogens (primary N) is 1. The maximum absolute atomic E-state index is 7.07. The molecule has 9 rings (SSSR count). The molecular formula is C54H43N. The van der Waals surface area contributed by atoms with Crippen molar-refractivity contribution in [2.75, 3.05) is 0 Å². The summed E-state index contributed by atoms with van der Waals surface area (Å²) in [5, 5.41) is 0. The molecule has 0 aromatic heterocycles. The Morgan fingerprint density at radius 2 is 1.16 bits per heavy atom. The van der Waals surface area contributed by atoms with E-state index in [1.165, 1.54) is 72.3 Å². The Kier molecular flexibility index (Phi) is 9.51. The van der Waals surface area contributed by atoms with Crippen molar-refractivity contribution >= 4 is 16.8 Å². The van der Waals surface area contributed by atoms with Crippen LogP contribution in [0, 0.1) is 0 Å². The quantitative estimate of drug-likeness (QED) is 0.149. The summed E-state index contributed by atoms with van der Waals surface area (Å²) in [7, 11) is 0. The molecule has 0 amide bonds. The lowest BCUT2D eigenvalue weighted by Crippen LogP contribution is -2.00. The minimum Gasteiger partial charge on any atom is -0.398 e. The van der Waals surface area contributed by atoms with Crippen molar-refractivity contribution in [1.29, 1.82) is 0 Å². The number of hydrogen-bond acceptors (Lipinski definition) is 1. The van der Waals surface area contributed by atoms with E-state index in [0.717, 1.165) is 48.1 Å². The van der Waals surface area contributed by atoms with Gasteiger partial charge in [-0.15, -0.1) is 0 Å². The highest BCUT2D eigenvalue weighted by Crippen LogP contribution is 2.43. The van der Waals surface area contributed by atoms with Gasteiger partial charge in [-0.3, -0.25) is 0 Å². The van der Waals surface area contributed by atoms with Gasteiger partial charge in [0.1, 0.15) is 0 Å². The molecule has 2 N–H and O–H groups in total. The maximum atomic E-state index is 7.07. The molecule has 0 saturated heterocycles. The van der Waals surface area contributed by atoms with Crippen molar-refractivity contribution in [3.05, 3.63) is 234 Å². The number of rotatable bonds is 9. The highest BCUT2D eigenvalue weighted by atomic mass is 14.6. The van der Waals surface area contributed by atoms with Gasteiger partial charge < -0.3 is 5.73 Å². The molecule has 55 heavy (non-hydrogen) atoms. The van der Waals surface area contributed by atoms with Crippen LogP contribution in [-0.2, 0) is 12.8 Å². The number of hydrogen-bond donors (Lipinski definition) is 1. The molecule has 0 fully saturated rings. The van der Waals surface area contributed by atoms with Crippen molar-refractivity contribution in [3.63, 3.8) is 0 Å². The Hall–Kier alpha value is -6.70. The van der Waals surface area contributed by atoms with Crippen LogP contribution in [0.3, 0.4) is 0 Å². The summed E-state index contributed by atoms with van der Waals surface area (Å²) in [6.45, 7) is 0. The lowest BCUT2D eigenvalue weighted by atomic mass is 9.90. The Morgan fingerprint density at radius 3 is 1.87 bits per heavy atom. The van der Waals surface area contributed by atoms with E-state index in [1.807, 2.05) is 0 Å². The third-order valence-electron chi connectivity index (χ3n) is 11.0. The third kappa shape index (κ3) is 7.30. The van der Waals surface area contributed by atoms with Crippen LogP contribution < -0.4 is 5.73 Å². The van der Waals surface area contributed by atoms with E-state index in [2.05, 4.69) is 200 Å². The van der Waals surface area contributed by atoms with Gasteiger partial charge in [-0.05, 0) is 139 Å². The van der Waals surface area contributed by atoms with Crippen LogP contribution in [0.15, 0.2) is 200 Å². The second kappa shape index (κ2) is 15.3. The summed E-state index contributed by atoms with van der Waals surface area (Å²) in [5.74, 6) is 0. The van der Waals surface area contributed by atoms with Crippen LogP contribution in [0.25, 0.3) is 61.4 Å². The first kappa shape index (κ1) is 34.1. The Labute approximate surface area is 325 Å². The highest BCUT2D eigenvalue weighted by Gasteiger charge is 2.23. The second-order valence-corrected chi connectivity index (χ2v) is 14.6. The van der Waals surface area contributed by atoms with Crippen molar-refractivity contribution < 1.29 is 0 Å². The predicted molar refractivity (Wildman–Crippen MR) is 234 cm³/mol. The first-order valence-corrected chi connectivity index (χ1v) is 19.4. The smallest absolute Gasteiger partial charge is 0.0400 e. The van der Waals surface area contributed by atoms with Crippen LogP contribution in [0.2, 0.25) is 0 Å². The number of fused-ring (bicyclic) bond motifs is 3. The van der Waals surface area contributed by atoms with Crippen LogP contribution in [0.5, 0.6) is 0 Å². The first-order valence-electron chi connectivity index (χ1n) is 19.4. The van der Waals surface area contributed by atoms with Gasteiger partial charge in [0.15, 0.2) is 0 Å². The zero-order valence-electron chi connectivity index (χ0n) is 31.0. The molecule has 0 spiro atoms. The average molecular weight is 706 g/mol. The molecule has 1 nitrogen and oxygen atoms in total. The third-order valence-corrected chi connectivity index (χ3v) is 11.0. The molecule has 2 aliphatic carbocycles. The summed E-state index contributed by atoms with van der Waals surface area (Å²) in [4.78, 5) is 0. The molecule has 7 aromatic rings. The normalized spacial score (nSPS) is 13.6. The van der Waals surface area contributed by atoms with Crippen LogP contribution in [0.1, 0.15) is 46.2 Å². The van der Waals surface area contributed by atoms with Crippen molar-refractivity contribution in [2.45, 2.75) is 25.7 Å². The molecule has 0 radical (unpaired) electrons. The molecule has 7 aromatic carbocycles. The largest absolute Gasteiger partial charge is 0.398 e. The fourth-order valence-corrected chi connectivity index (χ4v) is 8.07. The summed E-state index contributed by atoms with van der Waals surface area (Å²) in [6, 6.07) is 61.5. The van der Waals surface area contributed by atoms with Crippen molar-refractivity contribution in [3.8, 4) is 44.5 Å². The fourth-order valence-electron chi connectivity index (χ4n) is 8.07. The summed E-state index contributed by atoms with van der Waals surface area (Å²) in [5.41, 5.74) is 27.6. The Morgan fingerprint density at radius 1 is 0.527 bits per heavy atom. The van der Waals surface area contributed by atoms with Crippen LogP contribution in [-0.4, -0.2) is 0 Å². The van der Waals surface area contributed by atoms with E-state index < -0.39 is 0 Å². The van der Waals surface area contributed by atoms with Gasteiger partial charge in [-0.25, -0.2) is 0 Å². The summed E-state index contributed by atoms with van der Waals surface area (Å²) >= 11 is 0. The standard InChI is InChI=1S/C54H43N/c55-53(37-45(39-16-7-2-8-17-39)25-24-38-14-5-1-6-15-38)51-23-13-22-47-32-46-31-30-44(36-52(46)54(47)51)42-26-28-43(29-27-42)50-34-48(40-18-9-3-10-19-40)33-49(35-50)41-20-11-4-12-21-41/h1-3,5-11,13-23,25-31,33-37H,4,12,24,32,55H2/b45-25+,53-37-. The van der Waals surface area contributed by atoms with E-state index in [-0.39, 0.29) is 0 Å². The van der Waals surface area contributed by atoms with Gasteiger partial charge in [-0.1, -0.05) is 170 Å².